The molecule has 4 aliphatic carbocycles. The van der Waals surface area contributed by atoms with Crippen molar-refractivity contribution < 1.29 is 0 Å². The molecule has 132 valence electrons. The Balaban J connectivity index is 1.44. The van der Waals surface area contributed by atoms with Crippen LogP contribution in [0.5, 0.6) is 0 Å². The summed E-state index contributed by atoms with van der Waals surface area (Å²) in [5.74, 6) is 6.58. The molecule has 0 aromatic rings. The molecule has 0 amide bonds. The first-order valence-electron chi connectivity index (χ1n) is 11.0. The largest absolute Gasteiger partial charge is 0.131 e. The summed E-state index contributed by atoms with van der Waals surface area (Å²) in [5.41, 5.74) is 0. The van der Waals surface area contributed by atoms with Crippen molar-refractivity contribution in [1.82, 2.24) is 0 Å². The lowest BCUT2D eigenvalue weighted by atomic mass is 9.66. The van der Waals surface area contributed by atoms with E-state index in [1.54, 1.807) is 51.4 Å². The highest BCUT2D eigenvalue weighted by atomic mass is 31.0. The molecule has 0 aromatic heterocycles. The fourth-order valence-electron chi connectivity index (χ4n) is 7.49. The molecule has 4 fully saturated rings. The minimum atomic E-state index is 0.631. The van der Waals surface area contributed by atoms with Crippen LogP contribution < -0.4 is 0 Å². The smallest absolute Gasteiger partial charge is 0.00884 e. The molecule has 0 radical (unpaired) electrons. The molecule has 4 saturated carbocycles. The SMILES string of the molecule is CCCCCCCC(P)(C1CC2CCC1C2)C1CC2CCC1C2. The van der Waals surface area contributed by atoms with Crippen LogP contribution in [-0.4, -0.2) is 5.16 Å². The molecular weight excluding hydrogens is 295 g/mol. The van der Waals surface area contributed by atoms with Gasteiger partial charge in [0.25, 0.3) is 0 Å². The van der Waals surface area contributed by atoms with Crippen LogP contribution in [-0.2, 0) is 0 Å². The number of hydrogen-bond donors (Lipinski definition) is 0. The Morgan fingerprint density at radius 1 is 0.739 bits per heavy atom. The van der Waals surface area contributed by atoms with E-state index in [-0.39, 0.29) is 0 Å². The summed E-state index contributed by atoms with van der Waals surface area (Å²) in [6, 6.07) is 0. The Bertz CT molecular complexity index is 375. The summed E-state index contributed by atoms with van der Waals surface area (Å²) in [4.78, 5) is 0. The molecule has 0 aromatic carbocycles. The van der Waals surface area contributed by atoms with Crippen molar-refractivity contribution in [2.75, 3.05) is 0 Å². The van der Waals surface area contributed by atoms with Gasteiger partial charge in [0.2, 0.25) is 0 Å². The Morgan fingerprint density at radius 3 is 1.74 bits per heavy atom. The maximum atomic E-state index is 3.55. The van der Waals surface area contributed by atoms with E-state index in [9.17, 15) is 0 Å². The van der Waals surface area contributed by atoms with E-state index >= 15 is 0 Å². The van der Waals surface area contributed by atoms with Gasteiger partial charge in [-0.15, -0.1) is 9.24 Å². The predicted octanol–water partition coefficient (Wildman–Crippen LogP) is 6.83. The highest BCUT2D eigenvalue weighted by Crippen LogP contribution is 2.63. The highest BCUT2D eigenvalue weighted by Gasteiger charge is 2.55. The van der Waals surface area contributed by atoms with Crippen molar-refractivity contribution >= 4 is 9.24 Å². The average molecular weight is 335 g/mol. The van der Waals surface area contributed by atoms with Crippen molar-refractivity contribution in [3.63, 3.8) is 0 Å². The van der Waals surface area contributed by atoms with Crippen LogP contribution in [0, 0.1) is 35.5 Å². The van der Waals surface area contributed by atoms with Crippen molar-refractivity contribution in [3.05, 3.63) is 0 Å². The first-order valence-corrected chi connectivity index (χ1v) is 11.6. The second-order valence-electron chi connectivity index (χ2n) is 9.84. The van der Waals surface area contributed by atoms with Gasteiger partial charge >= 0.3 is 0 Å². The molecule has 0 heterocycles. The molecular formula is C22H39P. The second-order valence-corrected chi connectivity index (χ2v) is 10.9. The molecule has 7 unspecified atom stereocenters. The quantitative estimate of drug-likeness (QED) is 0.337. The normalized spacial score (nSPS) is 44.1. The summed E-state index contributed by atoms with van der Waals surface area (Å²) >= 11 is 0. The van der Waals surface area contributed by atoms with Crippen LogP contribution in [0.4, 0.5) is 0 Å². The van der Waals surface area contributed by atoms with Gasteiger partial charge in [0.1, 0.15) is 0 Å². The minimum absolute atomic E-state index is 0.631. The van der Waals surface area contributed by atoms with Gasteiger partial charge in [-0.05, 0) is 85.6 Å². The number of unbranched alkanes of at least 4 members (excludes halogenated alkanes) is 4. The lowest BCUT2D eigenvalue weighted by molar-refractivity contribution is 0.139. The molecule has 23 heavy (non-hydrogen) atoms. The van der Waals surface area contributed by atoms with Crippen LogP contribution in [0.15, 0.2) is 0 Å². The van der Waals surface area contributed by atoms with Gasteiger partial charge in [0, 0.05) is 0 Å². The molecule has 4 rings (SSSR count). The van der Waals surface area contributed by atoms with Gasteiger partial charge in [-0.1, -0.05) is 51.9 Å². The molecule has 4 bridgehead atoms. The molecule has 0 N–H and O–H groups in total. The van der Waals surface area contributed by atoms with Crippen molar-refractivity contribution in [2.45, 2.75) is 102 Å². The van der Waals surface area contributed by atoms with Crippen molar-refractivity contribution in [2.24, 2.45) is 35.5 Å². The van der Waals surface area contributed by atoms with E-state index in [2.05, 4.69) is 16.2 Å². The highest BCUT2D eigenvalue weighted by molar-refractivity contribution is 7.19. The fourth-order valence-corrected chi connectivity index (χ4v) is 8.51. The van der Waals surface area contributed by atoms with Gasteiger partial charge in [-0.3, -0.25) is 0 Å². The predicted molar refractivity (Wildman–Crippen MR) is 104 cm³/mol. The Labute approximate surface area is 147 Å². The molecule has 7 atom stereocenters. The van der Waals surface area contributed by atoms with Crippen LogP contribution in [0.3, 0.4) is 0 Å². The summed E-state index contributed by atoms with van der Waals surface area (Å²) in [5, 5.41) is 0.631. The van der Waals surface area contributed by atoms with E-state index in [0.717, 1.165) is 35.5 Å². The van der Waals surface area contributed by atoms with Crippen LogP contribution >= 0.6 is 9.24 Å². The molecule has 0 aliphatic heterocycles. The Hall–Kier alpha value is 0.430. The first-order chi connectivity index (χ1) is 11.2. The molecule has 0 spiro atoms. The van der Waals surface area contributed by atoms with Gasteiger partial charge in [-0.2, -0.15) is 0 Å². The van der Waals surface area contributed by atoms with E-state index in [0.29, 0.717) is 5.16 Å². The first kappa shape index (κ1) is 16.9. The maximum absolute atomic E-state index is 3.55. The van der Waals surface area contributed by atoms with Crippen LogP contribution in [0.25, 0.3) is 0 Å². The van der Waals surface area contributed by atoms with Gasteiger partial charge < -0.3 is 0 Å². The third kappa shape index (κ3) is 3.16. The summed E-state index contributed by atoms with van der Waals surface area (Å²) < 4.78 is 0. The van der Waals surface area contributed by atoms with E-state index in [1.807, 2.05) is 0 Å². The number of fused-ring (bicyclic) bond motifs is 4. The zero-order valence-corrected chi connectivity index (χ0v) is 16.6. The molecule has 4 aliphatic rings. The lowest BCUT2D eigenvalue weighted by Crippen LogP contribution is -2.44. The standard InChI is InChI=1S/C22H39P/c1-2-3-4-5-6-11-22(23,20-14-16-7-9-18(20)12-16)21-15-17-8-10-19(21)13-17/h16-21H,2-15,23H2,1H3. The monoisotopic (exact) mass is 334 g/mol. The fraction of sp³-hybridized carbons (Fsp3) is 1.00. The topological polar surface area (TPSA) is 0 Å². The van der Waals surface area contributed by atoms with E-state index < -0.39 is 0 Å². The number of rotatable bonds is 8. The second kappa shape index (κ2) is 6.97. The third-order valence-corrected chi connectivity index (χ3v) is 9.72. The third-order valence-electron chi connectivity index (χ3n) is 8.57. The van der Waals surface area contributed by atoms with Crippen LogP contribution in [0.1, 0.15) is 96.8 Å². The Morgan fingerprint density at radius 2 is 1.30 bits per heavy atom. The maximum Gasteiger partial charge on any atom is -0.00884 e. The number of hydrogen-bond acceptors (Lipinski definition) is 0. The minimum Gasteiger partial charge on any atom is -0.131 e. The Kier molecular flexibility index (Phi) is 5.12. The zero-order chi connectivity index (χ0) is 15.9. The summed E-state index contributed by atoms with van der Waals surface area (Å²) in [6.07, 6.45) is 21.5. The zero-order valence-electron chi connectivity index (χ0n) is 15.4. The summed E-state index contributed by atoms with van der Waals surface area (Å²) in [7, 11) is 3.55. The van der Waals surface area contributed by atoms with Gasteiger partial charge in [0.15, 0.2) is 0 Å². The van der Waals surface area contributed by atoms with Crippen molar-refractivity contribution in [3.8, 4) is 0 Å². The molecule has 0 nitrogen and oxygen atoms in total. The molecule has 1 heteroatoms. The lowest BCUT2D eigenvalue weighted by Gasteiger charge is -2.48. The van der Waals surface area contributed by atoms with Gasteiger partial charge in [0.05, 0.1) is 0 Å². The summed E-state index contributed by atoms with van der Waals surface area (Å²) in [6.45, 7) is 2.34. The van der Waals surface area contributed by atoms with Gasteiger partial charge in [-0.25, -0.2) is 0 Å². The van der Waals surface area contributed by atoms with E-state index in [1.165, 1.54) is 38.5 Å². The van der Waals surface area contributed by atoms with E-state index in [4.69, 9.17) is 0 Å². The van der Waals surface area contributed by atoms with Crippen LogP contribution in [0.2, 0.25) is 0 Å². The average Bonchev–Trinajstić information content (AvgIpc) is 3.33. The molecule has 0 saturated heterocycles. The van der Waals surface area contributed by atoms with Crippen molar-refractivity contribution in [1.29, 1.82) is 0 Å².